The number of aliphatic hydroxyl groups excluding tert-OH is 1. The lowest BCUT2D eigenvalue weighted by atomic mass is 9.82. The van der Waals surface area contributed by atoms with E-state index in [1.807, 2.05) is 45.4 Å². The Balaban J connectivity index is 1.78. The fraction of sp³-hybridized carbons (Fsp3) is 0.576. The normalized spacial score (nSPS) is 18.9. The Labute approximate surface area is 247 Å². The van der Waals surface area contributed by atoms with Crippen molar-refractivity contribution in [3.05, 3.63) is 46.0 Å². The highest BCUT2D eigenvalue weighted by Crippen LogP contribution is 2.45. The number of aliphatic carboxylic acids is 1. The first-order chi connectivity index (χ1) is 19.6. The number of aliphatic hydroxyl groups is 1. The first-order valence-corrected chi connectivity index (χ1v) is 14.9. The summed E-state index contributed by atoms with van der Waals surface area (Å²) >= 11 is 0. The van der Waals surface area contributed by atoms with Crippen molar-refractivity contribution in [3.63, 3.8) is 0 Å². The number of rotatable bonds is 6. The molecule has 5 rings (SSSR count). The number of ether oxygens (including phenoxy) is 2. The molecule has 0 spiro atoms. The second kappa shape index (κ2) is 10.9. The molecule has 0 saturated carbocycles. The molecule has 2 atom stereocenters. The average molecular weight is 582 g/mol. The van der Waals surface area contributed by atoms with Gasteiger partial charge in [-0.3, -0.25) is 4.90 Å². The van der Waals surface area contributed by atoms with Crippen molar-refractivity contribution in [2.24, 2.45) is 12.5 Å². The molecule has 4 heterocycles. The number of hydrogen-bond acceptors (Lipinski definition) is 6. The number of halogens is 1. The van der Waals surface area contributed by atoms with Crippen molar-refractivity contribution in [1.82, 2.24) is 14.5 Å². The van der Waals surface area contributed by atoms with E-state index in [9.17, 15) is 15.0 Å². The standard InChI is InChI=1S/C33H44FN3O5/c1-18-20-10-9-15-41-27(20)23(34)16-21(18)26-22-17-24(30(38)37-13-11-33(6,7)12-14-37)36(8)29(22)35-19(2)25(26)28(31(39)40)42-32(3,4)5/h16-17,28,30,38H,9-15H2,1-8H3,(H,39,40)/t28-,30?/m0/s1. The molecule has 228 valence electrons. The molecule has 0 amide bonds. The molecule has 9 heteroatoms. The van der Waals surface area contributed by atoms with Gasteiger partial charge in [-0.2, -0.15) is 0 Å². The molecule has 0 bridgehead atoms. The van der Waals surface area contributed by atoms with E-state index in [1.54, 1.807) is 6.92 Å². The lowest BCUT2D eigenvalue weighted by Crippen LogP contribution is -2.40. The lowest BCUT2D eigenvalue weighted by Gasteiger charge is -2.39. The van der Waals surface area contributed by atoms with Gasteiger partial charge in [-0.15, -0.1) is 0 Å². The van der Waals surface area contributed by atoms with Gasteiger partial charge in [0.25, 0.3) is 0 Å². The number of benzene rings is 1. The molecule has 1 aromatic carbocycles. The van der Waals surface area contributed by atoms with Crippen molar-refractivity contribution in [3.8, 4) is 16.9 Å². The second-order valence-corrected chi connectivity index (χ2v) is 13.7. The number of hydrogen-bond donors (Lipinski definition) is 2. The molecule has 1 fully saturated rings. The minimum absolute atomic E-state index is 0.229. The summed E-state index contributed by atoms with van der Waals surface area (Å²) in [5.74, 6) is -1.36. The third-order valence-electron chi connectivity index (χ3n) is 8.87. The maximum Gasteiger partial charge on any atom is 0.337 e. The summed E-state index contributed by atoms with van der Waals surface area (Å²) in [4.78, 5) is 19.7. The number of piperidine rings is 1. The molecule has 2 aromatic heterocycles. The first kappa shape index (κ1) is 30.4. The highest BCUT2D eigenvalue weighted by Gasteiger charge is 2.36. The van der Waals surface area contributed by atoms with Crippen LogP contribution in [-0.4, -0.2) is 55.9 Å². The molecule has 2 aliphatic rings. The van der Waals surface area contributed by atoms with E-state index >= 15 is 4.39 Å². The van der Waals surface area contributed by atoms with E-state index < -0.39 is 29.7 Å². The van der Waals surface area contributed by atoms with Crippen LogP contribution in [0.3, 0.4) is 0 Å². The van der Waals surface area contributed by atoms with E-state index in [1.165, 1.54) is 6.07 Å². The van der Waals surface area contributed by atoms with Gasteiger partial charge in [0.1, 0.15) is 11.9 Å². The number of aromatic nitrogens is 2. The van der Waals surface area contributed by atoms with Crippen LogP contribution in [0.5, 0.6) is 5.75 Å². The minimum Gasteiger partial charge on any atom is -0.490 e. The summed E-state index contributed by atoms with van der Waals surface area (Å²) in [6, 6.07) is 3.33. The fourth-order valence-electron chi connectivity index (χ4n) is 6.40. The third-order valence-corrected chi connectivity index (χ3v) is 8.87. The van der Waals surface area contributed by atoms with Crippen molar-refractivity contribution in [1.29, 1.82) is 0 Å². The van der Waals surface area contributed by atoms with E-state index in [0.29, 0.717) is 52.1 Å². The van der Waals surface area contributed by atoms with Gasteiger partial charge in [-0.25, -0.2) is 14.2 Å². The van der Waals surface area contributed by atoms with E-state index in [2.05, 4.69) is 18.7 Å². The Kier molecular flexibility index (Phi) is 7.92. The summed E-state index contributed by atoms with van der Waals surface area (Å²) in [6.45, 7) is 15.6. The average Bonchev–Trinajstić information content (AvgIpc) is 3.23. The monoisotopic (exact) mass is 581 g/mol. The molecule has 2 aliphatic heterocycles. The Morgan fingerprint density at radius 2 is 1.86 bits per heavy atom. The molecule has 8 nitrogen and oxygen atoms in total. The number of pyridine rings is 1. The zero-order valence-electron chi connectivity index (χ0n) is 26.1. The first-order valence-electron chi connectivity index (χ1n) is 14.9. The van der Waals surface area contributed by atoms with Crippen molar-refractivity contribution in [2.45, 2.75) is 92.1 Å². The van der Waals surface area contributed by atoms with E-state index in [0.717, 1.165) is 43.5 Å². The van der Waals surface area contributed by atoms with Gasteiger partial charge in [-0.1, -0.05) is 13.8 Å². The molecular formula is C33H44FN3O5. The van der Waals surface area contributed by atoms with Crippen LogP contribution in [0.2, 0.25) is 0 Å². The van der Waals surface area contributed by atoms with Crippen molar-refractivity contribution in [2.75, 3.05) is 19.7 Å². The minimum atomic E-state index is -1.34. The molecule has 1 unspecified atom stereocenters. The van der Waals surface area contributed by atoms with Crippen molar-refractivity contribution < 1.29 is 28.9 Å². The number of carboxylic acid groups (broad SMARTS) is 1. The van der Waals surface area contributed by atoms with Gasteiger partial charge in [0.15, 0.2) is 17.7 Å². The van der Waals surface area contributed by atoms with Crippen LogP contribution in [-0.2, 0) is 23.0 Å². The van der Waals surface area contributed by atoms with E-state index in [4.69, 9.17) is 14.5 Å². The Morgan fingerprint density at radius 3 is 2.48 bits per heavy atom. The molecule has 0 aliphatic carbocycles. The van der Waals surface area contributed by atoms with Gasteiger partial charge in [0.05, 0.1) is 17.9 Å². The molecule has 3 aromatic rings. The Morgan fingerprint density at radius 1 is 1.19 bits per heavy atom. The number of carboxylic acids is 1. The summed E-state index contributed by atoms with van der Waals surface area (Å²) < 4.78 is 29.4. The molecule has 2 N–H and O–H groups in total. The van der Waals surface area contributed by atoms with E-state index in [-0.39, 0.29) is 11.2 Å². The Bertz CT molecular complexity index is 1530. The molecule has 42 heavy (non-hydrogen) atoms. The fourth-order valence-corrected chi connectivity index (χ4v) is 6.40. The number of aryl methyl sites for hydroxylation is 2. The second-order valence-electron chi connectivity index (χ2n) is 13.7. The highest BCUT2D eigenvalue weighted by molar-refractivity contribution is 5.99. The SMILES string of the molecule is Cc1nc2c(cc(C(O)N3CCC(C)(C)CC3)n2C)c(-c2cc(F)c3c(c2C)CCCO3)c1[C@H](OC(C)(C)C)C(=O)O. The number of nitrogens with zero attached hydrogens (tertiary/aromatic N) is 3. The zero-order chi connectivity index (χ0) is 30.7. The highest BCUT2D eigenvalue weighted by atomic mass is 19.1. The van der Waals surface area contributed by atoms with Crippen LogP contribution in [0, 0.1) is 25.1 Å². The predicted molar refractivity (Wildman–Crippen MR) is 160 cm³/mol. The van der Waals surface area contributed by atoms with Crippen LogP contribution in [0.4, 0.5) is 4.39 Å². The summed E-state index contributed by atoms with van der Waals surface area (Å²) in [6.07, 6.45) is 1.17. The molecule has 1 saturated heterocycles. The van der Waals surface area contributed by atoms with Crippen LogP contribution in [0.1, 0.15) is 94.3 Å². The van der Waals surface area contributed by atoms with Crippen LogP contribution >= 0.6 is 0 Å². The largest absolute Gasteiger partial charge is 0.490 e. The van der Waals surface area contributed by atoms with Gasteiger partial charge < -0.3 is 24.3 Å². The summed E-state index contributed by atoms with van der Waals surface area (Å²) in [5, 5.41) is 22.7. The molecule has 0 radical (unpaired) electrons. The maximum absolute atomic E-state index is 15.6. The number of fused-ring (bicyclic) bond motifs is 2. The van der Waals surface area contributed by atoms with Gasteiger partial charge >= 0.3 is 5.97 Å². The van der Waals surface area contributed by atoms with Crippen LogP contribution in [0.15, 0.2) is 12.1 Å². The van der Waals surface area contributed by atoms with Crippen LogP contribution < -0.4 is 4.74 Å². The summed E-state index contributed by atoms with van der Waals surface area (Å²) in [5.41, 5.74) is 4.33. The lowest BCUT2D eigenvalue weighted by molar-refractivity contribution is -0.160. The Hall–Kier alpha value is -3.01. The topological polar surface area (TPSA) is 97.1 Å². The summed E-state index contributed by atoms with van der Waals surface area (Å²) in [7, 11) is 1.86. The quantitative estimate of drug-likeness (QED) is 0.349. The van der Waals surface area contributed by atoms with Gasteiger partial charge in [0, 0.05) is 47.9 Å². The number of likely N-dealkylation sites (tertiary alicyclic amines) is 1. The van der Waals surface area contributed by atoms with Crippen LogP contribution in [0.25, 0.3) is 22.2 Å². The maximum atomic E-state index is 15.6. The third kappa shape index (κ3) is 5.54. The number of carbonyl (C=O) groups is 1. The van der Waals surface area contributed by atoms with Gasteiger partial charge in [-0.05, 0) is 89.0 Å². The van der Waals surface area contributed by atoms with Crippen molar-refractivity contribution >= 4 is 17.0 Å². The molecular weight excluding hydrogens is 537 g/mol. The predicted octanol–water partition coefficient (Wildman–Crippen LogP) is 6.37. The zero-order valence-corrected chi connectivity index (χ0v) is 26.1. The smallest absolute Gasteiger partial charge is 0.337 e. The van der Waals surface area contributed by atoms with Gasteiger partial charge in [0.2, 0.25) is 0 Å².